The fourth-order valence-electron chi connectivity index (χ4n) is 4.40. The molecule has 0 aliphatic carbocycles. The molecule has 5 aromatic rings. The maximum atomic E-state index is 13.7. The lowest BCUT2D eigenvalue weighted by Gasteiger charge is -2.18. The summed E-state index contributed by atoms with van der Waals surface area (Å²) in [4.78, 5) is 20.8. The third-order valence-electron chi connectivity index (χ3n) is 6.31. The van der Waals surface area contributed by atoms with Gasteiger partial charge in [-0.2, -0.15) is 13.2 Å². The van der Waals surface area contributed by atoms with Crippen LogP contribution in [-0.4, -0.2) is 28.5 Å². The van der Waals surface area contributed by atoms with Crippen molar-refractivity contribution in [3.05, 3.63) is 89.9 Å². The van der Waals surface area contributed by atoms with Crippen molar-refractivity contribution < 1.29 is 18.0 Å². The summed E-state index contributed by atoms with van der Waals surface area (Å²) in [5, 5.41) is 5.74. The number of nitrogens with zero attached hydrogens (tertiary/aromatic N) is 2. The lowest BCUT2D eigenvalue weighted by atomic mass is 10.1. The Labute approximate surface area is 207 Å². The van der Waals surface area contributed by atoms with Crippen molar-refractivity contribution in [1.29, 1.82) is 0 Å². The van der Waals surface area contributed by atoms with E-state index in [1.807, 2.05) is 18.2 Å². The number of aromatic amines is 1. The van der Waals surface area contributed by atoms with Gasteiger partial charge >= 0.3 is 6.18 Å². The number of hydrogen-bond acceptors (Lipinski definition) is 2. The molecule has 5 rings (SSSR count). The van der Waals surface area contributed by atoms with Gasteiger partial charge in [-0.1, -0.05) is 55.2 Å². The number of aromatic nitrogens is 3. The molecule has 36 heavy (non-hydrogen) atoms. The monoisotopic (exact) mass is 506 g/mol. The van der Waals surface area contributed by atoms with Gasteiger partial charge in [-0.15, -0.1) is 0 Å². The van der Waals surface area contributed by atoms with Crippen LogP contribution < -0.4 is 10.5 Å². The lowest BCUT2D eigenvalue weighted by molar-refractivity contribution is -0.138. The van der Waals surface area contributed by atoms with Crippen LogP contribution in [-0.2, 0) is 12.7 Å². The lowest BCUT2D eigenvalue weighted by Crippen LogP contribution is -2.37. The van der Waals surface area contributed by atoms with Gasteiger partial charge in [0, 0.05) is 29.0 Å². The van der Waals surface area contributed by atoms with E-state index in [0.717, 1.165) is 16.8 Å². The minimum absolute atomic E-state index is 0.0939. The first-order valence-electron chi connectivity index (χ1n) is 11.5. The number of benzene rings is 2. The molecule has 0 aliphatic rings. The number of H-pyrrole nitrogens is 1. The highest BCUT2D eigenvalue weighted by molar-refractivity contribution is 6.88. The van der Waals surface area contributed by atoms with Crippen LogP contribution in [0.25, 0.3) is 21.9 Å². The molecule has 9 heteroatoms. The Balaban J connectivity index is 1.61. The molecule has 3 aromatic heterocycles. The van der Waals surface area contributed by atoms with E-state index < -0.39 is 25.7 Å². The van der Waals surface area contributed by atoms with Crippen LogP contribution in [0.4, 0.5) is 18.9 Å². The van der Waals surface area contributed by atoms with Crippen LogP contribution in [0.15, 0.2) is 73.1 Å². The molecule has 0 spiro atoms. The van der Waals surface area contributed by atoms with Crippen molar-refractivity contribution in [3.8, 4) is 0 Å². The van der Waals surface area contributed by atoms with Crippen molar-refractivity contribution >= 4 is 46.8 Å². The first-order chi connectivity index (χ1) is 17.0. The topological polar surface area (TPSA) is 62.7 Å². The average molecular weight is 507 g/mol. The van der Waals surface area contributed by atoms with Gasteiger partial charge in [-0.3, -0.25) is 4.79 Å². The molecule has 0 saturated carbocycles. The SMILES string of the molecule is C[Si](C)(C)c1ccc2c(c1)cc(C(=O)Nc1cnc3[nH]ccc3c1)n2Cc1ccccc1C(F)(F)F. The van der Waals surface area contributed by atoms with E-state index in [9.17, 15) is 18.0 Å². The number of rotatable bonds is 5. The summed E-state index contributed by atoms with van der Waals surface area (Å²) in [6, 6.07) is 16.9. The number of carbonyl (C=O) groups excluding carboxylic acids is 1. The smallest absolute Gasteiger partial charge is 0.346 e. The highest BCUT2D eigenvalue weighted by Gasteiger charge is 2.33. The molecule has 0 radical (unpaired) electrons. The molecule has 0 saturated heterocycles. The second-order valence-corrected chi connectivity index (χ2v) is 15.0. The number of halogens is 3. The normalized spacial score (nSPS) is 12.4. The highest BCUT2D eigenvalue weighted by atomic mass is 28.3. The van der Waals surface area contributed by atoms with E-state index in [1.165, 1.54) is 17.3 Å². The van der Waals surface area contributed by atoms with Gasteiger partial charge in [-0.25, -0.2) is 4.98 Å². The predicted molar refractivity (Wildman–Crippen MR) is 140 cm³/mol. The Kier molecular flexibility index (Phi) is 5.75. The zero-order valence-electron chi connectivity index (χ0n) is 20.1. The Morgan fingerprint density at radius 1 is 1.03 bits per heavy atom. The fraction of sp³-hybridized carbons (Fsp3) is 0.185. The molecule has 0 fully saturated rings. The molecular formula is C27H25F3N4OSi. The third kappa shape index (κ3) is 4.54. The summed E-state index contributed by atoms with van der Waals surface area (Å²) in [7, 11) is -1.64. The van der Waals surface area contributed by atoms with Crippen LogP contribution in [0, 0.1) is 0 Å². The summed E-state index contributed by atoms with van der Waals surface area (Å²) >= 11 is 0. The van der Waals surface area contributed by atoms with Crippen LogP contribution >= 0.6 is 0 Å². The van der Waals surface area contributed by atoms with E-state index in [4.69, 9.17) is 0 Å². The standard InChI is InChI=1S/C27H25F3N4OSi/c1-36(2,3)21-8-9-23-19(13-21)14-24(26(35)33-20-12-17-10-11-31-25(17)32-15-20)34(23)16-18-6-4-5-7-22(18)27(28,29)30/h4-15H,16H2,1-3H3,(H,31,32)(H,33,35). The number of amides is 1. The van der Waals surface area contributed by atoms with E-state index in [1.54, 1.807) is 35.2 Å². The summed E-state index contributed by atoms with van der Waals surface area (Å²) < 4.78 is 42.8. The predicted octanol–water partition coefficient (Wildman–Crippen LogP) is 6.38. The molecule has 5 nitrogen and oxygen atoms in total. The minimum atomic E-state index is -4.50. The number of pyridine rings is 1. The first kappa shape index (κ1) is 23.9. The van der Waals surface area contributed by atoms with E-state index in [0.29, 0.717) is 16.9 Å². The van der Waals surface area contributed by atoms with Gasteiger partial charge in [0.2, 0.25) is 0 Å². The Morgan fingerprint density at radius 3 is 2.56 bits per heavy atom. The van der Waals surface area contributed by atoms with E-state index in [-0.39, 0.29) is 17.8 Å². The summed E-state index contributed by atoms with van der Waals surface area (Å²) in [5.74, 6) is -0.415. The second kappa shape index (κ2) is 8.67. The molecule has 0 aliphatic heterocycles. The van der Waals surface area contributed by atoms with Crippen LogP contribution in [0.2, 0.25) is 19.6 Å². The van der Waals surface area contributed by atoms with Crippen molar-refractivity contribution in [1.82, 2.24) is 14.5 Å². The van der Waals surface area contributed by atoms with Crippen molar-refractivity contribution in [2.45, 2.75) is 32.4 Å². The first-order valence-corrected chi connectivity index (χ1v) is 15.0. The fourth-order valence-corrected chi connectivity index (χ4v) is 5.58. The maximum Gasteiger partial charge on any atom is 0.416 e. The molecule has 3 heterocycles. The van der Waals surface area contributed by atoms with Gasteiger partial charge in [0.05, 0.1) is 25.5 Å². The zero-order valence-corrected chi connectivity index (χ0v) is 21.1. The van der Waals surface area contributed by atoms with Gasteiger partial charge < -0.3 is 14.9 Å². The number of hydrogen-bond donors (Lipinski definition) is 2. The van der Waals surface area contributed by atoms with Gasteiger partial charge in [0.15, 0.2) is 0 Å². The van der Waals surface area contributed by atoms with Gasteiger partial charge in [0.1, 0.15) is 11.3 Å². The molecular weight excluding hydrogens is 481 g/mol. The zero-order chi connectivity index (χ0) is 25.7. The minimum Gasteiger partial charge on any atom is -0.346 e. The van der Waals surface area contributed by atoms with Crippen LogP contribution in [0.3, 0.4) is 0 Å². The van der Waals surface area contributed by atoms with Crippen molar-refractivity contribution in [2.24, 2.45) is 0 Å². The van der Waals surface area contributed by atoms with Crippen molar-refractivity contribution in [3.63, 3.8) is 0 Å². The summed E-state index contributed by atoms with van der Waals surface area (Å²) in [6.45, 7) is 6.58. The number of carbonyl (C=O) groups is 1. The second-order valence-electron chi connectivity index (χ2n) is 9.89. The van der Waals surface area contributed by atoms with E-state index in [2.05, 4.69) is 41.0 Å². The number of alkyl halides is 3. The van der Waals surface area contributed by atoms with Crippen LogP contribution in [0.1, 0.15) is 21.6 Å². The molecule has 0 unspecified atom stereocenters. The number of nitrogens with one attached hydrogen (secondary N) is 2. The molecule has 0 atom stereocenters. The van der Waals surface area contributed by atoms with Gasteiger partial charge in [0.25, 0.3) is 5.91 Å². The molecule has 2 N–H and O–H groups in total. The number of fused-ring (bicyclic) bond motifs is 2. The molecule has 0 bridgehead atoms. The Hall–Kier alpha value is -3.85. The van der Waals surface area contributed by atoms with E-state index >= 15 is 0 Å². The van der Waals surface area contributed by atoms with Crippen LogP contribution in [0.5, 0.6) is 0 Å². The van der Waals surface area contributed by atoms with Gasteiger partial charge in [-0.05, 0) is 35.9 Å². The number of anilines is 1. The summed E-state index contributed by atoms with van der Waals surface area (Å²) in [5.41, 5.74) is 1.58. The molecule has 184 valence electrons. The largest absolute Gasteiger partial charge is 0.416 e. The third-order valence-corrected chi connectivity index (χ3v) is 8.35. The molecule has 1 amide bonds. The molecule has 2 aromatic carbocycles. The quantitative estimate of drug-likeness (QED) is 0.272. The van der Waals surface area contributed by atoms with Crippen molar-refractivity contribution in [2.75, 3.05) is 5.32 Å². The Bertz CT molecular complexity index is 1590. The summed E-state index contributed by atoms with van der Waals surface area (Å²) in [6.07, 6.45) is -1.19. The highest BCUT2D eigenvalue weighted by Crippen LogP contribution is 2.33. The average Bonchev–Trinajstić information content (AvgIpc) is 3.42. The maximum absolute atomic E-state index is 13.7. The Morgan fingerprint density at radius 2 is 1.81 bits per heavy atom.